The monoisotopic (exact) mass is 280 g/mol. The van der Waals surface area contributed by atoms with E-state index in [-0.39, 0.29) is 23.0 Å². The van der Waals surface area contributed by atoms with Crippen LogP contribution in [0.2, 0.25) is 5.02 Å². The van der Waals surface area contributed by atoms with Crippen molar-refractivity contribution in [1.82, 2.24) is 10.6 Å². The lowest BCUT2D eigenvalue weighted by Crippen LogP contribution is -2.32. The summed E-state index contributed by atoms with van der Waals surface area (Å²) in [5.74, 6) is -1.03. The molecule has 0 unspecified atom stereocenters. The van der Waals surface area contributed by atoms with Crippen LogP contribution in [0.25, 0.3) is 0 Å². The van der Waals surface area contributed by atoms with Gasteiger partial charge in [-0.1, -0.05) is 18.5 Å². The molecule has 96 valence electrons. The van der Waals surface area contributed by atoms with Gasteiger partial charge in [0.05, 0.1) is 5.56 Å². The van der Waals surface area contributed by atoms with Crippen LogP contribution in [0.5, 0.6) is 0 Å². The third-order valence-corrected chi connectivity index (χ3v) is 2.25. The molecule has 6 heteroatoms. The Hall–Kier alpha value is -0.840. The predicted octanol–water partition coefficient (Wildman–Crippen LogP) is 2.24. The van der Waals surface area contributed by atoms with E-state index >= 15 is 0 Å². The fourth-order valence-electron chi connectivity index (χ4n) is 1.21. The molecular formula is C11H15Cl2FN2O. The molecule has 0 atom stereocenters. The Kier molecular flexibility index (Phi) is 7.87. The first-order chi connectivity index (χ1) is 7.65. The highest BCUT2D eigenvalue weighted by Crippen LogP contribution is 2.14. The third-order valence-electron chi connectivity index (χ3n) is 2.01. The summed E-state index contributed by atoms with van der Waals surface area (Å²) in [6.45, 7) is 3.94. The lowest BCUT2D eigenvalue weighted by Gasteiger charge is -2.06. The zero-order chi connectivity index (χ0) is 12.0. The summed E-state index contributed by atoms with van der Waals surface area (Å²) in [4.78, 5) is 11.5. The average molecular weight is 281 g/mol. The van der Waals surface area contributed by atoms with Gasteiger partial charge in [0.1, 0.15) is 5.82 Å². The summed E-state index contributed by atoms with van der Waals surface area (Å²) in [5.41, 5.74) is 0.0147. The van der Waals surface area contributed by atoms with Crippen molar-refractivity contribution < 1.29 is 9.18 Å². The van der Waals surface area contributed by atoms with Gasteiger partial charge in [-0.3, -0.25) is 4.79 Å². The number of hydrogen-bond acceptors (Lipinski definition) is 2. The van der Waals surface area contributed by atoms with Gasteiger partial charge in [-0.25, -0.2) is 4.39 Å². The molecule has 0 saturated carbocycles. The van der Waals surface area contributed by atoms with Crippen LogP contribution in [-0.2, 0) is 0 Å². The molecule has 1 aromatic carbocycles. The summed E-state index contributed by atoms with van der Waals surface area (Å²) in [5, 5.41) is 5.94. The Balaban J connectivity index is 0.00000256. The molecule has 0 aliphatic carbocycles. The van der Waals surface area contributed by atoms with Crippen LogP contribution in [0.15, 0.2) is 18.2 Å². The van der Waals surface area contributed by atoms with E-state index in [0.717, 1.165) is 12.6 Å². The zero-order valence-electron chi connectivity index (χ0n) is 9.43. The molecule has 0 aliphatic heterocycles. The molecule has 0 heterocycles. The molecule has 1 rings (SSSR count). The maximum Gasteiger partial charge on any atom is 0.254 e. The minimum atomic E-state index is -0.603. The molecule has 0 fully saturated rings. The highest BCUT2D eigenvalue weighted by molar-refractivity contribution is 6.30. The number of carbonyl (C=O) groups is 1. The number of likely N-dealkylation sites (N-methyl/N-ethyl adjacent to an activating group) is 1. The van der Waals surface area contributed by atoms with Crippen molar-refractivity contribution in [1.29, 1.82) is 0 Å². The third kappa shape index (κ3) is 5.35. The van der Waals surface area contributed by atoms with Gasteiger partial charge in [-0.2, -0.15) is 0 Å². The largest absolute Gasteiger partial charge is 0.351 e. The van der Waals surface area contributed by atoms with Crippen molar-refractivity contribution in [2.45, 2.75) is 6.92 Å². The summed E-state index contributed by atoms with van der Waals surface area (Å²) in [7, 11) is 0. The van der Waals surface area contributed by atoms with Crippen LogP contribution in [-0.4, -0.2) is 25.5 Å². The molecule has 0 bridgehead atoms. The van der Waals surface area contributed by atoms with Gasteiger partial charge in [0.25, 0.3) is 5.91 Å². The average Bonchev–Trinajstić information content (AvgIpc) is 2.24. The van der Waals surface area contributed by atoms with Gasteiger partial charge >= 0.3 is 0 Å². The van der Waals surface area contributed by atoms with E-state index in [2.05, 4.69) is 10.6 Å². The summed E-state index contributed by atoms with van der Waals surface area (Å²) >= 11 is 5.59. The van der Waals surface area contributed by atoms with Crippen LogP contribution in [0.1, 0.15) is 17.3 Å². The number of rotatable bonds is 5. The topological polar surface area (TPSA) is 41.1 Å². The Bertz CT molecular complexity index is 374. The molecule has 1 aromatic rings. The minimum Gasteiger partial charge on any atom is -0.351 e. The highest BCUT2D eigenvalue weighted by atomic mass is 35.5. The van der Waals surface area contributed by atoms with Gasteiger partial charge in [-0.15, -0.1) is 12.4 Å². The number of benzene rings is 1. The van der Waals surface area contributed by atoms with E-state index in [1.54, 1.807) is 0 Å². The first-order valence-corrected chi connectivity index (χ1v) is 5.47. The number of halogens is 3. The molecule has 0 radical (unpaired) electrons. The molecule has 17 heavy (non-hydrogen) atoms. The van der Waals surface area contributed by atoms with E-state index in [9.17, 15) is 9.18 Å². The van der Waals surface area contributed by atoms with E-state index in [1.165, 1.54) is 12.1 Å². The number of hydrogen-bond donors (Lipinski definition) is 2. The first kappa shape index (κ1) is 16.2. The van der Waals surface area contributed by atoms with Gasteiger partial charge in [-0.05, 0) is 24.7 Å². The van der Waals surface area contributed by atoms with Crippen LogP contribution >= 0.6 is 24.0 Å². The normalized spacial score (nSPS) is 9.59. The molecule has 0 spiro atoms. The molecule has 0 aromatic heterocycles. The van der Waals surface area contributed by atoms with E-state index in [1.807, 2.05) is 6.92 Å². The lowest BCUT2D eigenvalue weighted by molar-refractivity contribution is 0.0950. The second-order valence-electron chi connectivity index (χ2n) is 3.23. The van der Waals surface area contributed by atoms with Crippen molar-refractivity contribution in [3.63, 3.8) is 0 Å². The minimum absolute atomic E-state index is 0. The Morgan fingerprint density at radius 1 is 1.41 bits per heavy atom. The van der Waals surface area contributed by atoms with Crippen molar-refractivity contribution in [3.05, 3.63) is 34.6 Å². The standard InChI is InChI=1S/C11H14ClFN2O.ClH/c1-2-14-5-6-15-11(16)9-4-3-8(12)7-10(9)13;/h3-4,7,14H,2,5-6H2,1H3,(H,15,16);1H. The molecular weight excluding hydrogens is 266 g/mol. The maximum absolute atomic E-state index is 13.3. The molecule has 3 nitrogen and oxygen atoms in total. The summed E-state index contributed by atoms with van der Waals surface area (Å²) in [6.07, 6.45) is 0. The smallest absolute Gasteiger partial charge is 0.254 e. The Labute approximate surface area is 111 Å². The van der Waals surface area contributed by atoms with Gasteiger partial charge in [0.15, 0.2) is 0 Å². The highest BCUT2D eigenvalue weighted by Gasteiger charge is 2.10. The van der Waals surface area contributed by atoms with Crippen molar-refractivity contribution in [2.75, 3.05) is 19.6 Å². The summed E-state index contributed by atoms with van der Waals surface area (Å²) < 4.78 is 13.3. The SMILES string of the molecule is CCNCCNC(=O)c1ccc(Cl)cc1F.Cl. The van der Waals surface area contributed by atoms with Gasteiger partial charge < -0.3 is 10.6 Å². The van der Waals surface area contributed by atoms with Crippen LogP contribution in [0.3, 0.4) is 0 Å². The van der Waals surface area contributed by atoms with E-state index < -0.39 is 11.7 Å². The maximum atomic E-state index is 13.3. The van der Waals surface area contributed by atoms with Crippen LogP contribution in [0, 0.1) is 5.82 Å². The van der Waals surface area contributed by atoms with Gasteiger partial charge in [0, 0.05) is 18.1 Å². The van der Waals surface area contributed by atoms with E-state index in [0.29, 0.717) is 13.1 Å². The number of amides is 1. The second-order valence-corrected chi connectivity index (χ2v) is 3.67. The van der Waals surface area contributed by atoms with Crippen LogP contribution < -0.4 is 10.6 Å². The number of carbonyl (C=O) groups excluding carboxylic acids is 1. The zero-order valence-corrected chi connectivity index (χ0v) is 11.0. The fourth-order valence-corrected chi connectivity index (χ4v) is 1.37. The quantitative estimate of drug-likeness (QED) is 0.813. The molecule has 0 saturated heterocycles. The first-order valence-electron chi connectivity index (χ1n) is 5.09. The predicted molar refractivity (Wildman–Crippen MR) is 69.5 cm³/mol. The van der Waals surface area contributed by atoms with Crippen molar-refractivity contribution in [2.24, 2.45) is 0 Å². The lowest BCUT2D eigenvalue weighted by atomic mass is 10.2. The van der Waals surface area contributed by atoms with Crippen molar-refractivity contribution in [3.8, 4) is 0 Å². The Morgan fingerprint density at radius 2 is 2.12 bits per heavy atom. The molecule has 2 N–H and O–H groups in total. The second kappa shape index (κ2) is 8.28. The molecule has 0 aliphatic rings. The van der Waals surface area contributed by atoms with Crippen LogP contribution in [0.4, 0.5) is 4.39 Å². The van der Waals surface area contributed by atoms with E-state index in [4.69, 9.17) is 11.6 Å². The Morgan fingerprint density at radius 3 is 2.71 bits per heavy atom. The van der Waals surface area contributed by atoms with Crippen molar-refractivity contribution >= 4 is 29.9 Å². The summed E-state index contributed by atoms with van der Waals surface area (Å²) in [6, 6.07) is 3.99. The van der Waals surface area contributed by atoms with Gasteiger partial charge in [0.2, 0.25) is 0 Å². The molecule has 1 amide bonds. The fraction of sp³-hybridized carbons (Fsp3) is 0.364. The number of nitrogens with one attached hydrogen (secondary N) is 2.